The molecule has 4 heteroatoms. The van der Waals surface area contributed by atoms with Gasteiger partial charge in [-0.05, 0) is 55.9 Å². The van der Waals surface area contributed by atoms with Crippen LogP contribution in [0.4, 0.5) is 5.69 Å². The van der Waals surface area contributed by atoms with Gasteiger partial charge >= 0.3 is 0 Å². The molecule has 0 atom stereocenters. The fraction of sp³-hybridized carbons (Fsp3) is 0.529. The summed E-state index contributed by atoms with van der Waals surface area (Å²) in [7, 11) is 0. The maximum absolute atomic E-state index is 4.14. The molecule has 0 amide bonds. The molecule has 1 aromatic carbocycles. The monoisotopic (exact) mass is 284 g/mol. The van der Waals surface area contributed by atoms with Crippen molar-refractivity contribution in [3.63, 3.8) is 0 Å². The fourth-order valence-corrected chi connectivity index (χ4v) is 3.28. The molecule has 4 nitrogen and oxygen atoms in total. The molecule has 1 fully saturated rings. The van der Waals surface area contributed by atoms with Gasteiger partial charge in [0.1, 0.15) is 0 Å². The van der Waals surface area contributed by atoms with E-state index in [-0.39, 0.29) is 0 Å². The molecule has 1 aliphatic carbocycles. The third-order valence-corrected chi connectivity index (χ3v) is 4.43. The van der Waals surface area contributed by atoms with Crippen LogP contribution >= 0.6 is 0 Å². The highest BCUT2D eigenvalue weighted by molar-refractivity contribution is 5.48. The van der Waals surface area contributed by atoms with Crippen LogP contribution in [0.25, 0.3) is 5.69 Å². The molecule has 3 rings (SSSR count). The van der Waals surface area contributed by atoms with E-state index in [9.17, 15) is 0 Å². The van der Waals surface area contributed by atoms with Crippen LogP contribution in [0.15, 0.2) is 36.7 Å². The lowest BCUT2D eigenvalue weighted by Gasteiger charge is -2.29. The van der Waals surface area contributed by atoms with Gasteiger partial charge in [-0.2, -0.15) is 15.0 Å². The molecule has 0 spiro atoms. The number of aromatic nitrogens is 3. The molecule has 0 bridgehead atoms. The van der Waals surface area contributed by atoms with E-state index in [0.29, 0.717) is 6.04 Å². The Balaban J connectivity index is 1.54. The van der Waals surface area contributed by atoms with Crippen LogP contribution in [-0.2, 0) is 0 Å². The quantitative estimate of drug-likeness (QED) is 0.901. The number of nitrogens with one attached hydrogen (secondary N) is 1. The van der Waals surface area contributed by atoms with E-state index in [2.05, 4.69) is 46.7 Å². The Labute approximate surface area is 126 Å². The summed E-state index contributed by atoms with van der Waals surface area (Å²) in [6, 6.07) is 9.00. The molecule has 0 saturated heterocycles. The van der Waals surface area contributed by atoms with E-state index in [4.69, 9.17) is 0 Å². The zero-order valence-electron chi connectivity index (χ0n) is 12.7. The summed E-state index contributed by atoms with van der Waals surface area (Å²) in [5, 5.41) is 12.0. The highest BCUT2D eigenvalue weighted by Crippen LogP contribution is 2.29. The van der Waals surface area contributed by atoms with Gasteiger partial charge in [0.25, 0.3) is 0 Å². The maximum Gasteiger partial charge on any atom is 0.0858 e. The number of rotatable bonds is 5. The summed E-state index contributed by atoms with van der Waals surface area (Å²) < 4.78 is 0. The number of benzene rings is 1. The van der Waals surface area contributed by atoms with Gasteiger partial charge in [0.15, 0.2) is 0 Å². The van der Waals surface area contributed by atoms with Crippen LogP contribution in [0.5, 0.6) is 0 Å². The molecule has 1 aliphatic rings. The van der Waals surface area contributed by atoms with E-state index in [1.165, 1.54) is 44.2 Å². The van der Waals surface area contributed by atoms with Crippen LogP contribution in [0.3, 0.4) is 0 Å². The van der Waals surface area contributed by atoms with Gasteiger partial charge in [-0.25, -0.2) is 0 Å². The largest absolute Gasteiger partial charge is 0.382 e. The number of anilines is 1. The predicted molar refractivity (Wildman–Crippen MR) is 85.6 cm³/mol. The minimum absolute atomic E-state index is 0.631. The van der Waals surface area contributed by atoms with Crippen molar-refractivity contribution in [1.82, 2.24) is 15.0 Å². The highest BCUT2D eigenvalue weighted by Gasteiger charge is 2.20. The van der Waals surface area contributed by atoms with Crippen molar-refractivity contribution in [2.45, 2.75) is 51.5 Å². The van der Waals surface area contributed by atoms with Gasteiger partial charge in [0.05, 0.1) is 18.1 Å². The first-order chi connectivity index (χ1) is 10.3. The second kappa shape index (κ2) is 6.74. The lowest BCUT2D eigenvalue weighted by atomic mass is 9.83. The second-order valence-corrected chi connectivity index (χ2v) is 6.02. The summed E-state index contributed by atoms with van der Waals surface area (Å²) in [5.41, 5.74) is 2.20. The van der Waals surface area contributed by atoms with Gasteiger partial charge < -0.3 is 5.32 Å². The number of hydrogen-bond donors (Lipinski definition) is 1. The van der Waals surface area contributed by atoms with Gasteiger partial charge in [0, 0.05) is 11.7 Å². The minimum Gasteiger partial charge on any atom is -0.382 e. The Morgan fingerprint density at radius 1 is 1.05 bits per heavy atom. The SMILES string of the molecule is CCCC1CCC(Nc2ccc(-n3nccn3)cc2)CC1. The summed E-state index contributed by atoms with van der Waals surface area (Å²) in [5.74, 6) is 0.960. The standard InChI is InChI=1S/C17H24N4/c1-2-3-14-4-6-15(7-5-14)20-16-8-10-17(11-9-16)21-18-12-13-19-21/h8-15,20H,2-7H2,1H3. The predicted octanol–water partition coefficient (Wildman–Crippen LogP) is 4.04. The molecule has 112 valence electrons. The second-order valence-electron chi connectivity index (χ2n) is 6.02. The van der Waals surface area contributed by atoms with Crippen molar-refractivity contribution in [3.8, 4) is 5.69 Å². The Kier molecular flexibility index (Phi) is 4.53. The molecule has 21 heavy (non-hydrogen) atoms. The van der Waals surface area contributed by atoms with Crippen molar-refractivity contribution in [1.29, 1.82) is 0 Å². The van der Waals surface area contributed by atoms with Crippen LogP contribution in [0.2, 0.25) is 0 Å². The molecule has 2 aromatic rings. The molecule has 1 saturated carbocycles. The Morgan fingerprint density at radius 2 is 1.71 bits per heavy atom. The Morgan fingerprint density at radius 3 is 2.33 bits per heavy atom. The Hall–Kier alpha value is -1.84. The third kappa shape index (κ3) is 3.63. The first-order valence-electron chi connectivity index (χ1n) is 8.08. The molecule has 0 unspecified atom stereocenters. The molecule has 1 N–H and O–H groups in total. The Bertz CT molecular complexity index is 524. The zero-order valence-corrected chi connectivity index (χ0v) is 12.7. The summed E-state index contributed by atoms with van der Waals surface area (Å²) in [6.45, 7) is 2.29. The van der Waals surface area contributed by atoms with Crippen molar-refractivity contribution in [3.05, 3.63) is 36.7 Å². The van der Waals surface area contributed by atoms with E-state index in [1.54, 1.807) is 17.2 Å². The molecule has 1 heterocycles. The smallest absolute Gasteiger partial charge is 0.0858 e. The van der Waals surface area contributed by atoms with Gasteiger partial charge in [0.2, 0.25) is 0 Å². The van der Waals surface area contributed by atoms with Crippen LogP contribution < -0.4 is 5.32 Å². The average molecular weight is 284 g/mol. The van der Waals surface area contributed by atoms with Crippen molar-refractivity contribution in [2.24, 2.45) is 5.92 Å². The molecule has 0 radical (unpaired) electrons. The first kappa shape index (κ1) is 14.1. The topological polar surface area (TPSA) is 42.7 Å². The highest BCUT2D eigenvalue weighted by atomic mass is 15.5. The molecular formula is C17H24N4. The van der Waals surface area contributed by atoms with Gasteiger partial charge in [-0.15, -0.1) is 0 Å². The third-order valence-electron chi connectivity index (χ3n) is 4.43. The van der Waals surface area contributed by atoms with E-state index in [0.717, 1.165) is 11.6 Å². The van der Waals surface area contributed by atoms with Gasteiger partial charge in [-0.3, -0.25) is 0 Å². The van der Waals surface area contributed by atoms with Crippen molar-refractivity contribution < 1.29 is 0 Å². The number of hydrogen-bond acceptors (Lipinski definition) is 3. The number of nitrogens with zero attached hydrogens (tertiary/aromatic N) is 3. The first-order valence-corrected chi connectivity index (χ1v) is 8.08. The summed E-state index contributed by atoms with van der Waals surface area (Å²) in [6.07, 6.45) is 11.5. The van der Waals surface area contributed by atoms with Crippen molar-refractivity contribution in [2.75, 3.05) is 5.32 Å². The van der Waals surface area contributed by atoms with Crippen LogP contribution in [-0.4, -0.2) is 21.0 Å². The molecule has 1 aromatic heterocycles. The molecule has 0 aliphatic heterocycles. The van der Waals surface area contributed by atoms with E-state index < -0.39 is 0 Å². The van der Waals surface area contributed by atoms with Crippen LogP contribution in [0, 0.1) is 5.92 Å². The van der Waals surface area contributed by atoms with Crippen LogP contribution in [0.1, 0.15) is 45.4 Å². The molecular weight excluding hydrogens is 260 g/mol. The summed E-state index contributed by atoms with van der Waals surface area (Å²) in [4.78, 5) is 1.64. The van der Waals surface area contributed by atoms with E-state index >= 15 is 0 Å². The lowest BCUT2D eigenvalue weighted by Crippen LogP contribution is -2.26. The zero-order chi connectivity index (χ0) is 14.5. The normalized spacial score (nSPS) is 22.1. The maximum atomic E-state index is 4.14. The fourth-order valence-electron chi connectivity index (χ4n) is 3.28. The van der Waals surface area contributed by atoms with Gasteiger partial charge in [-0.1, -0.05) is 19.8 Å². The summed E-state index contributed by atoms with van der Waals surface area (Å²) >= 11 is 0. The lowest BCUT2D eigenvalue weighted by molar-refractivity contribution is 0.319. The average Bonchev–Trinajstić information content (AvgIpc) is 3.05. The van der Waals surface area contributed by atoms with Crippen molar-refractivity contribution >= 4 is 5.69 Å². The van der Waals surface area contributed by atoms with E-state index in [1.807, 2.05) is 0 Å². The minimum atomic E-state index is 0.631.